The molecule has 3 unspecified atom stereocenters. The molecule has 0 saturated carbocycles. The maximum atomic E-state index is 6.03. The molecular weight excluding hydrogens is 444 g/mol. The molecule has 0 aromatic carbocycles. The third-order valence-electron chi connectivity index (χ3n) is 4.65. The van der Waals surface area contributed by atoms with E-state index < -0.39 is 0 Å². The van der Waals surface area contributed by atoms with E-state index in [0.717, 1.165) is 101 Å². The number of ether oxygens (including phenoxy) is 5. The van der Waals surface area contributed by atoms with Gasteiger partial charge in [0.2, 0.25) is 0 Å². The Labute approximate surface area is 202 Å². The molecule has 194 valence electrons. The zero-order valence-electron chi connectivity index (χ0n) is 21.4. The van der Waals surface area contributed by atoms with Crippen LogP contribution in [0, 0.1) is 0 Å². The molecule has 0 spiro atoms. The third kappa shape index (κ3) is 21.2. The van der Waals surface area contributed by atoms with E-state index in [-0.39, 0.29) is 12.6 Å². The standard InChI is InChI=1S/C24H53NO5P2/c1-5-13-27-23(28-14-6-2)20-31-18-9-10-22(26-17-12-25)11-19-32-21-24(29-15-7-3)30-16-8-4/h22-24,31-32H,5-21,25H2,1-4H3. The fraction of sp³-hybridized carbons (Fsp3) is 1.00. The lowest BCUT2D eigenvalue weighted by atomic mass is 10.1. The summed E-state index contributed by atoms with van der Waals surface area (Å²) < 4.78 is 29.4. The van der Waals surface area contributed by atoms with Crippen molar-refractivity contribution in [2.24, 2.45) is 5.73 Å². The van der Waals surface area contributed by atoms with Gasteiger partial charge >= 0.3 is 0 Å². The smallest absolute Gasteiger partial charge is 0.161 e. The van der Waals surface area contributed by atoms with Crippen molar-refractivity contribution in [1.29, 1.82) is 0 Å². The van der Waals surface area contributed by atoms with Crippen LogP contribution < -0.4 is 5.73 Å². The Morgan fingerprint density at radius 2 is 1.06 bits per heavy atom. The quantitative estimate of drug-likeness (QED) is 0.100. The summed E-state index contributed by atoms with van der Waals surface area (Å²) >= 11 is 0. The summed E-state index contributed by atoms with van der Waals surface area (Å²) in [7, 11) is 1.72. The van der Waals surface area contributed by atoms with Crippen molar-refractivity contribution in [3.8, 4) is 0 Å². The molecule has 0 fully saturated rings. The fourth-order valence-electron chi connectivity index (χ4n) is 3.03. The molecule has 0 rings (SSSR count). The van der Waals surface area contributed by atoms with Gasteiger partial charge in [-0.05, 0) is 57.3 Å². The molecule has 0 aliphatic heterocycles. The van der Waals surface area contributed by atoms with E-state index in [4.69, 9.17) is 29.4 Å². The van der Waals surface area contributed by atoms with Gasteiger partial charge in [-0.3, -0.25) is 0 Å². The van der Waals surface area contributed by atoms with E-state index in [2.05, 4.69) is 27.7 Å². The molecule has 0 bridgehead atoms. The number of hydrogen-bond acceptors (Lipinski definition) is 6. The molecule has 2 N–H and O–H groups in total. The normalized spacial score (nSPS) is 13.6. The second kappa shape index (κ2) is 26.2. The molecule has 8 heteroatoms. The lowest BCUT2D eigenvalue weighted by Gasteiger charge is -2.20. The maximum Gasteiger partial charge on any atom is 0.161 e. The Balaban J connectivity index is 4.13. The van der Waals surface area contributed by atoms with Crippen molar-refractivity contribution < 1.29 is 23.7 Å². The average molecular weight is 498 g/mol. The van der Waals surface area contributed by atoms with Gasteiger partial charge in [0.05, 0.1) is 12.7 Å². The summed E-state index contributed by atoms with van der Waals surface area (Å²) in [6, 6.07) is 0. The van der Waals surface area contributed by atoms with Crippen LogP contribution in [-0.2, 0) is 23.7 Å². The molecule has 0 amide bonds. The van der Waals surface area contributed by atoms with Gasteiger partial charge in [0, 0.05) is 45.3 Å². The van der Waals surface area contributed by atoms with Crippen LogP contribution in [0.5, 0.6) is 0 Å². The summed E-state index contributed by atoms with van der Waals surface area (Å²) in [4.78, 5) is 0. The Kier molecular flexibility index (Phi) is 26.7. The van der Waals surface area contributed by atoms with Gasteiger partial charge in [-0.1, -0.05) is 27.7 Å². The Hall–Kier alpha value is 0.620. The Morgan fingerprint density at radius 1 is 0.594 bits per heavy atom. The lowest BCUT2D eigenvalue weighted by Crippen LogP contribution is -2.22. The zero-order valence-corrected chi connectivity index (χ0v) is 23.4. The molecule has 0 saturated heterocycles. The average Bonchev–Trinajstić information content (AvgIpc) is 2.81. The summed E-state index contributed by atoms with van der Waals surface area (Å²) in [6.07, 6.45) is 12.1. The molecule has 0 heterocycles. The SMILES string of the molecule is CCCOC(CPCCCC(CCPCC(OCCC)OCCC)OCCN)OCCC. The van der Waals surface area contributed by atoms with E-state index in [9.17, 15) is 0 Å². The van der Waals surface area contributed by atoms with Gasteiger partial charge in [-0.15, -0.1) is 17.2 Å². The fourth-order valence-corrected chi connectivity index (χ4v) is 5.36. The molecule has 0 aliphatic carbocycles. The van der Waals surface area contributed by atoms with Crippen LogP contribution in [0.2, 0.25) is 0 Å². The van der Waals surface area contributed by atoms with Crippen molar-refractivity contribution in [1.82, 2.24) is 0 Å². The number of rotatable bonds is 26. The van der Waals surface area contributed by atoms with Gasteiger partial charge in [0.25, 0.3) is 0 Å². The summed E-state index contributed by atoms with van der Waals surface area (Å²) in [6.45, 7) is 12.9. The number of hydrogen-bond donors (Lipinski definition) is 1. The summed E-state index contributed by atoms with van der Waals surface area (Å²) in [5.74, 6) is 0. The maximum absolute atomic E-state index is 6.03. The highest BCUT2D eigenvalue weighted by Crippen LogP contribution is 2.22. The van der Waals surface area contributed by atoms with Gasteiger partial charge < -0.3 is 29.4 Å². The third-order valence-corrected chi connectivity index (χ3v) is 7.24. The highest BCUT2D eigenvalue weighted by Gasteiger charge is 2.13. The molecule has 0 aromatic heterocycles. The first kappa shape index (κ1) is 32.6. The van der Waals surface area contributed by atoms with Gasteiger partial charge in [0.15, 0.2) is 12.6 Å². The monoisotopic (exact) mass is 497 g/mol. The Morgan fingerprint density at radius 3 is 1.50 bits per heavy atom. The van der Waals surface area contributed by atoms with Gasteiger partial charge in [0.1, 0.15) is 0 Å². The van der Waals surface area contributed by atoms with E-state index in [1.807, 2.05) is 0 Å². The first-order chi connectivity index (χ1) is 15.7. The lowest BCUT2D eigenvalue weighted by molar-refractivity contribution is -0.127. The minimum absolute atomic E-state index is 0.0310. The first-order valence-corrected chi connectivity index (χ1v) is 15.7. The molecule has 32 heavy (non-hydrogen) atoms. The summed E-state index contributed by atoms with van der Waals surface area (Å²) in [5.41, 5.74) is 5.67. The van der Waals surface area contributed by atoms with Crippen molar-refractivity contribution in [2.45, 2.75) is 91.3 Å². The highest BCUT2D eigenvalue weighted by molar-refractivity contribution is 7.38. The van der Waals surface area contributed by atoms with Crippen LogP contribution in [0.3, 0.4) is 0 Å². The van der Waals surface area contributed by atoms with Crippen LogP contribution in [0.25, 0.3) is 0 Å². The van der Waals surface area contributed by atoms with Crippen LogP contribution in [0.4, 0.5) is 0 Å². The van der Waals surface area contributed by atoms with Gasteiger partial charge in [-0.2, -0.15) is 0 Å². The topological polar surface area (TPSA) is 72.2 Å². The van der Waals surface area contributed by atoms with Crippen molar-refractivity contribution in [2.75, 3.05) is 64.2 Å². The van der Waals surface area contributed by atoms with E-state index in [1.54, 1.807) is 0 Å². The largest absolute Gasteiger partial charge is 0.377 e. The van der Waals surface area contributed by atoms with Crippen LogP contribution >= 0.6 is 17.2 Å². The van der Waals surface area contributed by atoms with Crippen molar-refractivity contribution >= 4 is 17.2 Å². The van der Waals surface area contributed by atoms with E-state index in [0.29, 0.717) is 19.3 Å². The van der Waals surface area contributed by atoms with E-state index >= 15 is 0 Å². The van der Waals surface area contributed by atoms with Crippen LogP contribution in [0.15, 0.2) is 0 Å². The predicted octanol–water partition coefficient (Wildman–Crippen LogP) is 5.22. The molecule has 0 radical (unpaired) electrons. The highest BCUT2D eigenvalue weighted by atomic mass is 31.1. The van der Waals surface area contributed by atoms with Crippen LogP contribution in [0.1, 0.15) is 72.6 Å². The molecule has 6 nitrogen and oxygen atoms in total. The molecule has 0 aromatic rings. The van der Waals surface area contributed by atoms with Crippen molar-refractivity contribution in [3.05, 3.63) is 0 Å². The summed E-state index contributed by atoms with van der Waals surface area (Å²) in [5, 5.41) is 0. The molecule has 3 atom stereocenters. The minimum Gasteiger partial charge on any atom is -0.377 e. The van der Waals surface area contributed by atoms with Crippen molar-refractivity contribution in [3.63, 3.8) is 0 Å². The first-order valence-electron chi connectivity index (χ1n) is 12.9. The van der Waals surface area contributed by atoms with Gasteiger partial charge in [-0.25, -0.2) is 0 Å². The minimum atomic E-state index is -0.0457. The second-order valence-corrected chi connectivity index (χ2v) is 10.8. The Bertz CT molecular complexity index is 353. The van der Waals surface area contributed by atoms with E-state index in [1.165, 1.54) is 12.6 Å². The predicted molar refractivity (Wildman–Crippen MR) is 141 cm³/mol. The zero-order chi connectivity index (χ0) is 23.7. The number of nitrogens with two attached hydrogens (primary N) is 1. The molecular formula is C24H53NO5P2. The molecule has 0 aliphatic rings. The second-order valence-electron chi connectivity index (χ2n) is 7.96. The van der Waals surface area contributed by atoms with Crippen LogP contribution in [-0.4, -0.2) is 82.9 Å².